The van der Waals surface area contributed by atoms with Gasteiger partial charge in [0.25, 0.3) is 5.91 Å². The monoisotopic (exact) mass is 374 g/mol. The van der Waals surface area contributed by atoms with Crippen molar-refractivity contribution in [2.75, 3.05) is 53.1 Å². The summed E-state index contributed by atoms with van der Waals surface area (Å²) in [4.78, 5) is 39.4. The van der Waals surface area contributed by atoms with Crippen molar-refractivity contribution >= 4 is 23.9 Å². The molecule has 1 aromatic carbocycles. The maximum Gasteiger partial charge on any atom is 0.338 e. The first-order valence-corrected chi connectivity index (χ1v) is 8.73. The van der Waals surface area contributed by atoms with Crippen molar-refractivity contribution in [1.82, 2.24) is 9.80 Å². The third kappa shape index (κ3) is 4.85. The first-order chi connectivity index (χ1) is 13.0. The predicted molar refractivity (Wildman–Crippen MR) is 95.9 cm³/mol. The second kappa shape index (κ2) is 8.68. The molecule has 0 spiro atoms. The van der Waals surface area contributed by atoms with E-state index < -0.39 is 18.5 Å². The van der Waals surface area contributed by atoms with Gasteiger partial charge in [0.2, 0.25) is 5.91 Å². The van der Waals surface area contributed by atoms with Crippen molar-refractivity contribution in [3.63, 3.8) is 0 Å². The summed E-state index contributed by atoms with van der Waals surface area (Å²) in [7, 11) is 1.51. The fraction of sp³-hybridized carbons (Fsp3) is 0.421. The molecule has 2 aliphatic heterocycles. The average Bonchev–Trinajstić information content (AvgIpc) is 2.71. The highest BCUT2D eigenvalue weighted by Crippen LogP contribution is 2.26. The largest absolute Gasteiger partial charge is 0.488 e. The number of carbonyl (C=O) groups excluding carboxylic acids is 3. The molecular formula is C19H22N2O6. The highest BCUT2D eigenvalue weighted by Gasteiger charge is 2.23. The first kappa shape index (κ1) is 18.9. The van der Waals surface area contributed by atoms with Gasteiger partial charge in [0.15, 0.2) is 6.61 Å². The molecule has 2 amide bonds. The Hall–Kier alpha value is -2.87. The summed E-state index contributed by atoms with van der Waals surface area (Å²) < 4.78 is 15.8. The van der Waals surface area contributed by atoms with Crippen LogP contribution < -0.4 is 4.74 Å². The van der Waals surface area contributed by atoms with Crippen molar-refractivity contribution in [2.45, 2.75) is 0 Å². The van der Waals surface area contributed by atoms with Crippen molar-refractivity contribution in [3.8, 4) is 5.75 Å². The number of rotatable bonds is 5. The summed E-state index contributed by atoms with van der Waals surface area (Å²) >= 11 is 0. The molecule has 0 atom stereocenters. The molecule has 0 unspecified atom stereocenters. The number of morpholine rings is 1. The van der Waals surface area contributed by atoms with Crippen LogP contribution in [0.5, 0.6) is 5.75 Å². The van der Waals surface area contributed by atoms with Crippen molar-refractivity contribution in [1.29, 1.82) is 0 Å². The van der Waals surface area contributed by atoms with E-state index in [4.69, 9.17) is 14.2 Å². The second-order valence-corrected chi connectivity index (χ2v) is 6.32. The van der Waals surface area contributed by atoms with E-state index in [0.29, 0.717) is 37.6 Å². The molecule has 144 valence electrons. The highest BCUT2D eigenvalue weighted by atomic mass is 16.5. The molecule has 8 nitrogen and oxygen atoms in total. The van der Waals surface area contributed by atoms with Gasteiger partial charge >= 0.3 is 5.97 Å². The standard InChI is InChI=1S/C19H22N2O6/c1-20(11-17(22)21-6-8-25-9-7-21)18(23)13-27-19(24)15-10-14-4-2-3-5-16(14)26-12-15/h2-5,10H,6-9,11-13H2,1H3. The quantitative estimate of drug-likeness (QED) is 0.690. The van der Waals surface area contributed by atoms with Crippen LogP contribution in [-0.4, -0.2) is 80.7 Å². The number of fused-ring (bicyclic) bond motifs is 1. The Kier molecular flexibility index (Phi) is 6.08. The third-order valence-corrected chi connectivity index (χ3v) is 4.38. The lowest BCUT2D eigenvalue weighted by molar-refractivity contribution is -0.150. The molecular weight excluding hydrogens is 352 g/mol. The van der Waals surface area contributed by atoms with Crippen LogP contribution in [-0.2, 0) is 23.9 Å². The van der Waals surface area contributed by atoms with Crippen LogP contribution in [0.3, 0.4) is 0 Å². The first-order valence-electron chi connectivity index (χ1n) is 8.73. The van der Waals surface area contributed by atoms with Crippen LogP contribution in [0.2, 0.25) is 0 Å². The summed E-state index contributed by atoms with van der Waals surface area (Å²) in [5.74, 6) is -0.500. The molecule has 27 heavy (non-hydrogen) atoms. The van der Waals surface area contributed by atoms with Gasteiger partial charge in [-0.2, -0.15) is 0 Å². The number of hydrogen-bond donors (Lipinski definition) is 0. The van der Waals surface area contributed by atoms with Crippen molar-refractivity contribution < 1.29 is 28.6 Å². The fourth-order valence-corrected chi connectivity index (χ4v) is 2.77. The zero-order valence-corrected chi connectivity index (χ0v) is 15.2. The van der Waals surface area contributed by atoms with Gasteiger partial charge in [0.1, 0.15) is 12.4 Å². The summed E-state index contributed by atoms with van der Waals surface area (Å²) in [6.07, 6.45) is 1.69. The lowest BCUT2D eigenvalue weighted by atomic mass is 10.1. The molecule has 1 aromatic rings. The Balaban J connectivity index is 1.47. The Morgan fingerprint density at radius 3 is 2.70 bits per heavy atom. The topological polar surface area (TPSA) is 85.4 Å². The van der Waals surface area contributed by atoms with E-state index in [1.165, 1.54) is 11.9 Å². The minimum atomic E-state index is -0.606. The predicted octanol–water partition coefficient (Wildman–Crippen LogP) is 0.323. The maximum absolute atomic E-state index is 12.2. The van der Waals surface area contributed by atoms with E-state index in [1.54, 1.807) is 11.0 Å². The molecule has 3 rings (SSSR count). The molecule has 0 saturated carbocycles. The summed E-state index contributed by atoms with van der Waals surface area (Å²) in [5.41, 5.74) is 1.13. The Bertz CT molecular complexity index is 754. The van der Waals surface area contributed by atoms with Gasteiger partial charge < -0.3 is 24.0 Å². The maximum atomic E-state index is 12.2. The summed E-state index contributed by atoms with van der Waals surface area (Å²) in [5, 5.41) is 0. The molecule has 1 saturated heterocycles. The smallest absolute Gasteiger partial charge is 0.338 e. The highest BCUT2D eigenvalue weighted by molar-refractivity contribution is 5.96. The molecule has 2 aliphatic rings. The van der Waals surface area contributed by atoms with Crippen LogP contribution in [0.4, 0.5) is 0 Å². The van der Waals surface area contributed by atoms with Crippen LogP contribution in [0, 0.1) is 0 Å². The van der Waals surface area contributed by atoms with Gasteiger partial charge in [-0.15, -0.1) is 0 Å². The number of likely N-dealkylation sites (N-methyl/N-ethyl adjacent to an activating group) is 1. The molecule has 0 aromatic heterocycles. The molecule has 8 heteroatoms. The van der Waals surface area contributed by atoms with Gasteiger partial charge in [-0.25, -0.2) is 4.79 Å². The second-order valence-electron chi connectivity index (χ2n) is 6.32. The molecule has 0 radical (unpaired) electrons. The van der Waals surface area contributed by atoms with Crippen molar-refractivity contribution in [3.05, 3.63) is 35.4 Å². The SMILES string of the molecule is CN(CC(=O)N1CCOCC1)C(=O)COC(=O)C1=Cc2ccccc2OC1. The number of hydrogen-bond acceptors (Lipinski definition) is 6. The lowest BCUT2D eigenvalue weighted by Crippen LogP contribution is -2.46. The van der Waals surface area contributed by atoms with E-state index in [9.17, 15) is 14.4 Å². The summed E-state index contributed by atoms with van der Waals surface area (Å²) in [6.45, 7) is 1.65. The number of para-hydroxylation sites is 1. The van der Waals surface area contributed by atoms with Gasteiger partial charge in [-0.05, 0) is 12.1 Å². The van der Waals surface area contributed by atoms with E-state index in [2.05, 4.69) is 0 Å². The van der Waals surface area contributed by atoms with Gasteiger partial charge in [0.05, 0.1) is 25.3 Å². The normalized spacial score (nSPS) is 15.9. The minimum Gasteiger partial charge on any atom is -0.488 e. The molecule has 0 bridgehead atoms. The number of ether oxygens (including phenoxy) is 3. The van der Waals surface area contributed by atoms with Crippen LogP contribution >= 0.6 is 0 Å². The Labute approximate surface area is 157 Å². The number of benzene rings is 1. The van der Waals surface area contributed by atoms with Crippen LogP contribution in [0.1, 0.15) is 5.56 Å². The third-order valence-electron chi connectivity index (χ3n) is 4.38. The lowest BCUT2D eigenvalue weighted by Gasteiger charge is -2.28. The molecule has 2 heterocycles. The number of carbonyl (C=O) groups is 3. The zero-order valence-electron chi connectivity index (χ0n) is 15.2. The number of nitrogens with zero attached hydrogens (tertiary/aromatic N) is 2. The van der Waals surface area contributed by atoms with E-state index in [0.717, 1.165) is 5.56 Å². The van der Waals surface area contributed by atoms with Gasteiger partial charge in [-0.3, -0.25) is 9.59 Å². The van der Waals surface area contributed by atoms with Crippen LogP contribution in [0.25, 0.3) is 6.08 Å². The van der Waals surface area contributed by atoms with E-state index in [1.807, 2.05) is 24.3 Å². The van der Waals surface area contributed by atoms with Crippen LogP contribution in [0.15, 0.2) is 29.8 Å². The summed E-state index contributed by atoms with van der Waals surface area (Å²) in [6, 6.07) is 7.34. The van der Waals surface area contributed by atoms with E-state index >= 15 is 0 Å². The molecule has 0 aliphatic carbocycles. The minimum absolute atomic E-state index is 0.0600. The Morgan fingerprint density at radius 2 is 1.93 bits per heavy atom. The molecule has 0 N–H and O–H groups in total. The Morgan fingerprint density at radius 1 is 1.19 bits per heavy atom. The average molecular weight is 374 g/mol. The number of amides is 2. The fourth-order valence-electron chi connectivity index (χ4n) is 2.77. The van der Waals surface area contributed by atoms with Gasteiger partial charge in [-0.1, -0.05) is 18.2 Å². The molecule has 1 fully saturated rings. The number of esters is 1. The van der Waals surface area contributed by atoms with E-state index in [-0.39, 0.29) is 19.1 Å². The zero-order chi connectivity index (χ0) is 19.2. The van der Waals surface area contributed by atoms with Crippen molar-refractivity contribution in [2.24, 2.45) is 0 Å². The van der Waals surface area contributed by atoms with Gasteiger partial charge in [0, 0.05) is 25.7 Å².